The monoisotopic (exact) mass is 323 g/mol. The minimum Gasteiger partial charge on any atom is -0.507 e. The molecule has 5 heteroatoms. The van der Waals surface area contributed by atoms with Crippen molar-refractivity contribution < 1.29 is 19.4 Å². The summed E-state index contributed by atoms with van der Waals surface area (Å²) in [4.78, 5) is 28.0. The van der Waals surface area contributed by atoms with E-state index in [2.05, 4.69) is 4.98 Å². The number of rotatable bonds is 4. The predicted molar refractivity (Wildman–Crippen MR) is 90.4 cm³/mol. The first kappa shape index (κ1) is 15.8. The van der Waals surface area contributed by atoms with Crippen LogP contribution in [0.15, 0.2) is 48.5 Å². The molecule has 0 bridgehead atoms. The van der Waals surface area contributed by atoms with Crippen LogP contribution in [0.4, 0.5) is 0 Å². The number of aromatic nitrogens is 1. The van der Waals surface area contributed by atoms with Gasteiger partial charge in [0.05, 0.1) is 0 Å². The van der Waals surface area contributed by atoms with Crippen molar-refractivity contribution in [2.24, 2.45) is 0 Å². The molecule has 1 heterocycles. The van der Waals surface area contributed by atoms with Crippen LogP contribution in [0.3, 0.4) is 0 Å². The number of phenols is 1. The fourth-order valence-corrected chi connectivity index (χ4v) is 2.72. The topological polar surface area (TPSA) is 79.4 Å². The lowest BCUT2D eigenvalue weighted by molar-refractivity contribution is 0.0316. The Morgan fingerprint density at radius 3 is 2.50 bits per heavy atom. The molecule has 3 aromatic rings. The van der Waals surface area contributed by atoms with Crippen LogP contribution in [0.2, 0.25) is 0 Å². The number of para-hydroxylation sites is 2. The van der Waals surface area contributed by atoms with Crippen LogP contribution in [0.1, 0.15) is 33.3 Å². The largest absolute Gasteiger partial charge is 0.507 e. The van der Waals surface area contributed by atoms with Crippen molar-refractivity contribution >= 4 is 22.7 Å². The second kappa shape index (κ2) is 6.20. The lowest BCUT2D eigenvalue weighted by Gasteiger charge is -2.13. The van der Waals surface area contributed by atoms with Crippen LogP contribution in [-0.4, -0.2) is 27.9 Å². The molecule has 5 nitrogen and oxygen atoms in total. The smallest absolute Gasteiger partial charge is 0.342 e. The maximum Gasteiger partial charge on any atom is 0.342 e. The molecule has 0 amide bonds. The van der Waals surface area contributed by atoms with Crippen LogP contribution in [0, 0.1) is 6.92 Å². The number of phenolic OH excluding ortho intramolecular Hbond substituents is 1. The van der Waals surface area contributed by atoms with E-state index in [0.29, 0.717) is 5.56 Å². The van der Waals surface area contributed by atoms with Gasteiger partial charge in [-0.25, -0.2) is 4.79 Å². The second-order valence-corrected chi connectivity index (χ2v) is 5.60. The summed E-state index contributed by atoms with van der Waals surface area (Å²) in [6, 6.07) is 13.5. The molecule has 122 valence electrons. The van der Waals surface area contributed by atoms with E-state index in [4.69, 9.17) is 4.74 Å². The van der Waals surface area contributed by atoms with Gasteiger partial charge in [-0.1, -0.05) is 30.3 Å². The Balaban J connectivity index is 1.86. The molecular weight excluding hydrogens is 306 g/mol. The Morgan fingerprint density at radius 1 is 1.08 bits per heavy atom. The summed E-state index contributed by atoms with van der Waals surface area (Å²) in [7, 11) is 0. The molecule has 0 spiro atoms. The van der Waals surface area contributed by atoms with Crippen molar-refractivity contribution in [3.05, 3.63) is 65.4 Å². The lowest BCUT2D eigenvalue weighted by Crippen LogP contribution is -2.25. The van der Waals surface area contributed by atoms with Gasteiger partial charge in [0.15, 0.2) is 6.10 Å². The molecule has 1 unspecified atom stereocenters. The van der Waals surface area contributed by atoms with E-state index in [9.17, 15) is 14.7 Å². The molecule has 0 fully saturated rings. The van der Waals surface area contributed by atoms with Crippen molar-refractivity contribution in [2.75, 3.05) is 0 Å². The molecule has 1 atom stereocenters. The molecule has 3 rings (SSSR count). The molecule has 0 radical (unpaired) electrons. The van der Waals surface area contributed by atoms with Crippen molar-refractivity contribution in [3.8, 4) is 5.75 Å². The summed E-state index contributed by atoms with van der Waals surface area (Å²) in [5, 5.41) is 10.5. The molecular formula is C19H17NO4. The highest BCUT2D eigenvalue weighted by Gasteiger charge is 2.25. The molecule has 1 aromatic heterocycles. The number of Topliss-reactive ketones (excluding diaryl/α,β-unsaturated/α-hetero) is 1. The van der Waals surface area contributed by atoms with Crippen molar-refractivity contribution in [3.63, 3.8) is 0 Å². The van der Waals surface area contributed by atoms with Gasteiger partial charge in [-0.2, -0.15) is 0 Å². The number of nitrogens with one attached hydrogen (secondary N) is 1. The van der Waals surface area contributed by atoms with Gasteiger partial charge in [0, 0.05) is 22.2 Å². The minimum absolute atomic E-state index is 0.0350. The van der Waals surface area contributed by atoms with Crippen LogP contribution in [0.5, 0.6) is 5.75 Å². The number of hydrogen-bond acceptors (Lipinski definition) is 4. The molecule has 2 aromatic carbocycles. The molecule has 0 saturated heterocycles. The number of H-pyrrole nitrogens is 1. The predicted octanol–water partition coefficient (Wildman–Crippen LogP) is 3.61. The number of carbonyl (C=O) groups is 2. The summed E-state index contributed by atoms with van der Waals surface area (Å²) in [6.45, 7) is 3.34. The Morgan fingerprint density at radius 2 is 1.75 bits per heavy atom. The van der Waals surface area contributed by atoms with E-state index >= 15 is 0 Å². The first-order valence-electron chi connectivity index (χ1n) is 7.59. The van der Waals surface area contributed by atoms with E-state index in [0.717, 1.165) is 16.6 Å². The number of aryl methyl sites for hydroxylation is 1. The average Bonchev–Trinajstić information content (AvgIpc) is 2.90. The quantitative estimate of drug-likeness (QED) is 0.568. The number of carbonyl (C=O) groups excluding carboxylic acids is 2. The van der Waals surface area contributed by atoms with Gasteiger partial charge in [0.1, 0.15) is 11.3 Å². The van der Waals surface area contributed by atoms with Gasteiger partial charge < -0.3 is 14.8 Å². The van der Waals surface area contributed by atoms with Crippen LogP contribution < -0.4 is 0 Å². The van der Waals surface area contributed by atoms with E-state index < -0.39 is 12.1 Å². The van der Waals surface area contributed by atoms with Crippen molar-refractivity contribution in [1.82, 2.24) is 4.98 Å². The number of esters is 1. The number of hydrogen-bond donors (Lipinski definition) is 2. The van der Waals surface area contributed by atoms with Gasteiger partial charge in [0.25, 0.3) is 0 Å². The first-order valence-corrected chi connectivity index (χ1v) is 7.59. The van der Waals surface area contributed by atoms with Gasteiger partial charge in [-0.15, -0.1) is 0 Å². The highest BCUT2D eigenvalue weighted by Crippen LogP contribution is 2.24. The molecule has 0 aliphatic carbocycles. The molecule has 0 aliphatic rings. The van der Waals surface area contributed by atoms with E-state index in [1.54, 1.807) is 12.1 Å². The van der Waals surface area contributed by atoms with Crippen LogP contribution in [-0.2, 0) is 4.74 Å². The zero-order valence-electron chi connectivity index (χ0n) is 13.4. The number of ketones is 1. The van der Waals surface area contributed by atoms with E-state index in [-0.39, 0.29) is 17.1 Å². The maximum absolute atomic E-state index is 12.7. The summed E-state index contributed by atoms with van der Waals surface area (Å²) in [6.07, 6.45) is -0.963. The lowest BCUT2D eigenvalue weighted by atomic mass is 10.0. The van der Waals surface area contributed by atoms with Gasteiger partial charge in [-0.3, -0.25) is 4.79 Å². The summed E-state index contributed by atoms with van der Waals surface area (Å²) < 4.78 is 5.24. The normalized spacial score (nSPS) is 12.1. The third kappa shape index (κ3) is 2.76. The third-order valence-corrected chi connectivity index (χ3v) is 3.92. The summed E-state index contributed by atoms with van der Waals surface area (Å²) in [5.74, 6) is -1.19. The Labute approximate surface area is 138 Å². The Hall–Kier alpha value is -3.08. The van der Waals surface area contributed by atoms with Crippen molar-refractivity contribution in [2.45, 2.75) is 20.0 Å². The second-order valence-electron chi connectivity index (χ2n) is 5.60. The highest BCUT2D eigenvalue weighted by atomic mass is 16.5. The fourth-order valence-electron chi connectivity index (χ4n) is 2.72. The van der Waals surface area contributed by atoms with Gasteiger partial charge in [-0.05, 0) is 32.0 Å². The standard InChI is InChI=1S/C19H17NO4/c1-11-17(13-7-3-5-9-15(13)20-11)18(22)12(2)24-19(23)14-8-4-6-10-16(14)21/h3-10,12,20-21H,1-2H3. The Kier molecular flexibility index (Phi) is 4.08. The number of fused-ring (bicyclic) bond motifs is 1. The maximum atomic E-state index is 12.7. The average molecular weight is 323 g/mol. The highest BCUT2D eigenvalue weighted by molar-refractivity contribution is 6.11. The molecule has 0 saturated carbocycles. The van der Waals surface area contributed by atoms with Crippen LogP contribution in [0.25, 0.3) is 10.9 Å². The Bertz CT molecular complexity index is 926. The molecule has 0 aliphatic heterocycles. The van der Waals surface area contributed by atoms with Crippen LogP contribution >= 0.6 is 0 Å². The fraction of sp³-hybridized carbons (Fsp3) is 0.158. The van der Waals surface area contributed by atoms with Gasteiger partial charge in [0.2, 0.25) is 5.78 Å². The minimum atomic E-state index is -0.963. The molecule has 2 N–H and O–H groups in total. The number of aromatic amines is 1. The molecule has 24 heavy (non-hydrogen) atoms. The third-order valence-electron chi connectivity index (χ3n) is 3.92. The van der Waals surface area contributed by atoms with E-state index in [1.165, 1.54) is 19.1 Å². The number of ether oxygens (including phenoxy) is 1. The van der Waals surface area contributed by atoms with Gasteiger partial charge >= 0.3 is 5.97 Å². The first-order chi connectivity index (χ1) is 11.5. The SMILES string of the molecule is Cc1[nH]c2ccccc2c1C(=O)C(C)OC(=O)c1ccccc1O. The summed E-state index contributed by atoms with van der Waals surface area (Å²) in [5.41, 5.74) is 2.14. The number of aromatic hydroxyl groups is 1. The van der Waals surface area contributed by atoms with Crippen molar-refractivity contribution in [1.29, 1.82) is 0 Å². The van der Waals surface area contributed by atoms with E-state index in [1.807, 2.05) is 31.2 Å². The zero-order valence-corrected chi connectivity index (χ0v) is 13.4. The number of benzene rings is 2. The summed E-state index contributed by atoms with van der Waals surface area (Å²) >= 11 is 0. The zero-order chi connectivity index (χ0) is 17.3.